The fourth-order valence-corrected chi connectivity index (χ4v) is 2.87. The van der Waals surface area contributed by atoms with E-state index in [1.165, 1.54) is 38.5 Å². The third-order valence-electron chi connectivity index (χ3n) is 4.38. The number of hydrogen-bond acceptors (Lipinski definition) is 2. The second-order valence-corrected chi connectivity index (χ2v) is 6.12. The second kappa shape index (κ2) is 4.97. The summed E-state index contributed by atoms with van der Waals surface area (Å²) in [7, 11) is 0. The molecule has 2 saturated carbocycles. The average Bonchev–Trinajstić information content (AvgIpc) is 3.20. The van der Waals surface area contributed by atoms with E-state index in [0.29, 0.717) is 17.9 Å². The zero-order chi connectivity index (χ0) is 11.7. The number of amides is 1. The van der Waals surface area contributed by atoms with Crippen LogP contribution in [0.3, 0.4) is 0 Å². The highest BCUT2D eigenvalue weighted by Crippen LogP contribution is 2.35. The maximum atomic E-state index is 12.4. The number of nitrogens with one attached hydrogen (secondary N) is 1. The maximum absolute atomic E-state index is 12.4. The summed E-state index contributed by atoms with van der Waals surface area (Å²) in [5.41, 5.74) is 0. The summed E-state index contributed by atoms with van der Waals surface area (Å²) in [6, 6.07) is 0.616. The van der Waals surface area contributed by atoms with E-state index in [2.05, 4.69) is 10.2 Å². The summed E-state index contributed by atoms with van der Waals surface area (Å²) in [4.78, 5) is 14.6. The predicted octanol–water partition coefficient (Wildman–Crippen LogP) is 1.78. The lowest BCUT2D eigenvalue weighted by molar-refractivity contribution is -0.133. The largest absolute Gasteiger partial charge is 0.339 e. The lowest BCUT2D eigenvalue weighted by Crippen LogP contribution is -2.37. The fourth-order valence-electron chi connectivity index (χ4n) is 2.87. The Morgan fingerprint density at radius 1 is 1.00 bits per heavy atom. The van der Waals surface area contributed by atoms with Gasteiger partial charge in [0, 0.05) is 19.0 Å². The molecule has 1 saturated heterocycles. The molecule has 1 aliphatic heterocycles. The molecule has 0 spiro atoms. The Kier molecular flexibility index (Phi) is 3.37. The van der Waals surface area contributed by atoms with Crippen molar-refractivity contribution in [2.75, 3.05) is 19.6 Å². The monoisotopic (exact) mass is 236 g/mol. The summed E-state index contributed by atoms with van der Waals surface area (Å²) in [5.74, 6) is 1.93. The van der Waals surface area contributed by atoms with Crippen LogP contribution < -0.4 is 5.32 Å². The van der Waals surface area contributed by atoms with Crippen molar-refractivity contribution in [2.24, 2.45) is 11.8 Å². The SMILES string of the molecule is O=C(CC1CCNCC1)N(CC1CC1)C1CC1. The van der Waals surface area contributed by atoms with Gasteiger partial charge in [0.1, 0.15) is 0 Å². The van der Waals surface area contributed by atoms with Crippen LogP contribution in [0.15, 0.2) is 0 Å². The molecule has 1 amide bonds. The molecule has 0 radical (unpaired) electrons. The lowest BCUT2D eigenvalue weighted by Gasteiger charge is -2.27. The van der Waals surface area contributed by atoms with Gasteiger partial charge in [-0.3, -0.25) is 4.79 Å². The number of hydrogen-bond donors (Lipinski definition) is 1. The second-order valence-electron chi connectivity index (χ2n) is 6.12. The van der Waals surface area contributed by atoms with Crippen molar-refractivity contribution in [3.63, 3.8) is 0 Å². The highest BCUT2D eigenvalue weighted by Gasteiger charge is 2.36. The molecular weight excluding hydrogens is 212 g/mol. The van der Waals surface area contributed by atoms with E-state index >= 15 is 0 Å². The predicted molar refractivity (Wildman–Crippen MR) is 67.7 cm³/mol. The van der Waals surface area contributed by atoms with Gasteiger partial charge in [-0.2, -0.15) is 0 Å². The van der Waals surface area contributed by atoms with Crippen molar-refractivity contribution >= 4 is 5.91 Å². The lowest BCUT2D eigenvalue weighted by atomic mass is 9.94. The summed E-state index contributed by atoms with van der Waals surface area (Å²) < 4.78 is 0. The molecule has 3 aliphatic rings. The molecule has 3 rings (SSSR count). The van der Waals surface area contributed by atoms with Crippen LogP contribution >= 0.6 is 0 Å². The van der Waals surface area contributed by atoms with E-state index in [9.17, 15) is 4.79 Å². The van der Waals surface area contributed by atoms with E-state index in [-0.39, 0.29) is 0 Å². The Morgan fingerprint density at radius 3 is 2.29 bits per heavy atom. The molecule has 3 nitrogen and oxygen atoms in total. The Morgan fingerprint density at radius 2 is 1.71 bits per heavy atom. The summed E-state index contributed by atoms with van der Waals surface area (Å²) in [6.45, 7) is 3.27. The van der Waals surface area contributed by atoms with Gasteiger partial charge in [0.25, 0.3) is 0 Å². The normalized spacial score (nSPS) is 25.9. The first-order chi connectivity index (χ1) is 8.33. The minimum absolute atomic E-state index is 0.450. The van der Waals surface area contributed by atoms with Crippen molar-refractivity contribution in [3.05, 3.63) is 0 Å². The Hall–Kier alpha value is -0.570. The topological polar surface area (TPSA) is 32.3 Å². The van der Waals surface area contributed by atoms with Crippen LogP contribution in [0.25, 0.3) is 0 Å². The first-order valence-corrected chi connectivity index (χ1v) is 7.33. The molecule has 0 atom stereocenters. The Balaban J connectivity index is 1.50. The van der Waals surface area contributed by atoms with Gasteiger partial charge in [0.15, 0.2) is 0 Å². The van der Waals surface area contributed by atoms with Crippen molar-refractivity contribution in [1.82, 2.24) is 10.2 Å². The molecule has 0 aromatic carbocycles. The van der Waals surface area contributed by atoms with Gasteiger partial charge in [-0.05, 0) is 63.5 Å². The quantitative estimate of drug-likeness (QED) is 0.789. The van der Waals surface area contributed by atoms with E-state index in [0.717, 1.165) is 32.0 Å². The van der Waals surface area contributed by atoms with Gasteiger partial charge in [0.05, 0.1) is 0 Å². The van der Waals surface area contributed by atoms with Gasteiger partial charge in [-0.1, -0.05) is 0 Å². The van der Waals surface area contributed by atoms with Crippen molar-refractivity contribution < 1.29 is 4.79 Å². The molecule has 2 aliphatic carbocycles. The minimum atomic E-state index is 0.450. The zero-order valence-electron chi connectivity index (χ0n) is 10.7. The van der Waals surface area contributed by atoms with Gasteiger partial charge in [-0.15, -0.1) is 0 Å². The molecule has 3 fully saturated rings. The molecule has 1 N–H and O–H groups in total. The molecule has 0 aromatic heterocycles. The molecule has 3 heteroatoms. The molecule has 96 valence electrons. The molecule has 0 aromatic rings. The van der Waals surface area contributed by atoms with Crippen LogP contribution in [0.5, 0.6) is 0 Å². The third-order valence-corrected chi connectivity index (χ3v) is 4.38. The molecule has 0 unspecified atom stereocenters. The first-order valence-electron chi connectivity index (χ1n) is 7.33. The maximum Gasteiger partial charge on any atom is 0.223 e. The number of carbonyl (C=O) groups excluding carboxylic acids is 1. The number of rotatable bonds is 5. The summed E-state index contributed by atoms with van der Waals surface area (Å²) in [5, 5.41) is 3.37. The third kappa shape index (κ3) is 3.21. The zero-order valence-corrected chi connectivity index (χ0v) is 10.7. The standard InChI is InChI=1S/C14H24N2O/c17-14(9-11-5-7-15-8-6-11)16(13-3-4-13)10-12-1-2-12/h11-13,15H,1-10H2. The minimum Gasteiger partial charge on any atom is -0.339 e. The van der Waals surface area contributed by atoms with Gasteiger partial charge >= 0.3 is 0 Å². The summed E-state index contributed by atoms with van der Waals surface area (Å²) in [6.07, 6.45) is 8.40. The van der Waals surface area contributed by atoms with E-state index in [4.69, 9.17) is 0 Å². The molecule has 1 heterocycles. The number of carbonyl (C=O) groups is 1. The highest BCUT2D eigenvalue weighted by atomic mass is 16.2. The van der Waals surface area contributed by atoms with E-state index in [1.54, 1.807) is 0 Å². The van der Waals surface area contributed by atoms with Crippen LogP contribution in [0.2, 0.25) is 0 Å². The summed E-state index contributed by atoms with van der Waals surface area (Å²) >= 11 is 0. The highest BCUT2D eigenvalue weighted by molar-refractivity contribution is 5.77. The number of piperidine rings is 1. The van der Waals surface area contributed by atoms with Gasteiger partial charge in [-0.25, -0.2) is 0 Å². The van der Waals surface area contributed by atoms with Crippen LogP contribution in [0.1, 0.15) is 44.9 Å². The van der Waals surface area contributed by atoms with Crippen LogP contribution in [-0.2, 0) is 4.79 Å². The van der Waals surface area contributed by atoms with Gasteiger partial charge in [0.2, 0.25) is 5.91 Å². The molecule has 17 heavy (non-hydrogen) atoms. The molecular formula is C14H24N2O. The van der Waals surface area contributed by atoms with Crippen LogP contribution in [0, 0.1) is 11.8 Å². The molecule has 0 bridgehead atoms. The average molecular weight is 236 g/mol. The fraction of sp³-hybridized carbons (Fsp3) is 0.929. The van der Waals surface area contributed by atoms with Crippen molar-refractivity contribution in [1.29, 1.82) is 0 Å². The smallest absolute Gasteiger partial charge is 0.223 e. The van der Waals surface area contributed by atoms with E-state index in [1.807, 2.05) is 0 Å². The first kappa shape index (κ1) is 11.5. The Labute approximate surface area is 104 Å². The number of nitrogens with zero attached hydrogens (tertiary/aromatic N) is 1. The van der Waals surface area contributed by atoms with E-state index < -0.39 is 0 Å². The van der Waals surface area contributed by atoms with Gasteiger partial charge < -0.3 is 10.2 Å². The van der Waals surface area contributed by atoms with Crippen molar-refractivity contribution in [3.8, 4) is 0 Å². The van der Waals surface area contributed by atoms with Crippen molar-refractivity contribution in [2.45, 2.75) is 51.0 Å². The Bertz CT molecular complexity index is 278. The van der Waals surface area contributed by atoms with Crippen LogP contribution in [0.4, 0.5) is 0 Å². The van der Waals surface area contributed by atoms with Crippen LogP contribution in [-0.4, -0.2) is 36.5 Å².